The molecule has 0 fully saturated rings. The first-order chi connectivity index (χ1) is 13.6. The summed E-state index contributed by atoms with van der Waals surface area (Å²) >= 11 is 5.95. The van der Waals surface area contributed by atoms with Gasteiger partial charge in [-0.2, -0.15) is 0 Å². The highest BCUT2D eigenvalue weighted by Gasteiger charge is 2.06. The summed E-state index contributed by atoms with van der Waals surface area (Å²) in [6, 6.07) is 18.1. The molecule has 0 radical (unpaired) electrons. The molecule has 0 aliphatic heterocycles. The van der Waals surface area contributed by atoms with Crippen molar-refractivity contribution in [2.24, 2.45) is 12.0 Å². The van der Waals surface area contributed by atoms with Gasteiger partial charge in [-0.1, -0.05) is 54.1 Å². The standard InChI is InChI=1S/C21H25ClN6.HI/c1-16-26-27-20(28(16)2)15-25-21(24-14-18-6-4-3-5-7-18)23-13-12-17-8-10-19(22)11-9-17;/h3-11H,12-15H2,1-2H3,(H2,23,24,25);1H. The first-order valence-corrected chi connectivity index (χ1v) is 9.65. The normalized spacial score (nSPS) is 11.1. The van der Waals surface area contributed by atoms with Crippen molar-refractivity contribution in [3.63, 3.8) is 0 Å². The fraction of sp³-hybridized carbons (Fsp3) is 0.286. The van der Waals surface area contributed by atoms with Gasteiger partial charge < -0.3 is 15.2 Å². The lowest BCUT2D eigenvalue weighted by molar-refractivity contribution is 0.713. The molecule has 0 bridgehead atoms. The molecule has 0 atom stereocenters. The topological polar surface area (TPSA) is 67.1 Å². The predicted octanol–water partition coefficient (Wildman–Crippen LogP) is 3.87. The first kappa shape index (κ1) is 23.2. The zero-order chi connectivity index (χ0) is 19.8. The predicted molar refractivity (Wildman–Crippen MR) is 129 cm³/mol. The second kappa shape index (κ2) is 11.8. The maximum absolute atomic E-state index is 5.95. The summed E-state index contributed by atoms with van der Waals surface area (Å²) < 4.78 is 1.97. The number of benzene rings is 2. The van der Waals surface area contributed by atoms with Crippen LogP contribution in [0.3, 0.4) is 0 Å². The highest BCUT2D eigenvalue weighted by molar-refractivity contribution is 14.0. The Hall–Kier alpha value is -2.13. The van der Waals surface area contributed by atoms with E-state index in [4.69, 9.17) is 16.6 Å². The Morgan fingerprint density at radius 3 is 2.38 bits per heavy atom. The van der Waals surface area contributed by atoms with Crippen molar-refractivity contribution >= 4 is 41.5 Å². The van der Waals surface area contributed by atoms with E-state index >= 15 is 0 Å². The zero-order valence-electron chi connectivity index (χ0n) is 16.6. The first-order valence-electron chi connectivity index (χ1n) is 9.27. The van der Waals surface area contributed by atoms with E-state index in [1.165, 1.54) is 5.56 Å². The summed E-state index contributed by atoms with van der Waals surface area (Å²) in [6.45, 7) is 3.86. The van der Waals surface area contributed by atoms with Crippen LogP contribution in [0, 0.1) is 6.92 Å². The van der Waals surface area contributed by atoms with Crippen molar-refractivity contribution < 1.29 is 0 Å². The number of aryl methyl sites for hydroxylation is 1. The van der Waals surface area contributed by atoms with E-state index in [0.717, 1.165) is 41.2 Å². The molecule has 0 spiro atoms. The molecule has 0 amide bonds. The van der Waals surface area contributed by atoms with E-state index in [-0.39, 0.29) is 24.0 Å². The molecule has 0 aliphatic rings. The Morgan fingerprint density at radius 1 is 1.00 bits per heavy atom. The average Bonchev–Trinajstić information content (AvgIpc) is 3.04. The van der Waals surface area contributed by atoms with Gasteiger partial charge in [-0.05, 0) is 36.6 Å². The molecule has 8 heteroatoms. The van der Waals surface area contributed by atoms with Gasteiger partial charge in [0, 0.05) is 18.6 Å². The molecular formula is C21H26ClIN6. The van der Waals surface area contributed by atoms with Crippen LogP contribution < -0.4 is 10.6 Å². The van der Waals surface area contributed by atoms with Gasteiger partial charge in [0.05, 0.1) is 13.1 Å². The average molecular weight is 525 g/mol. The molecule has 29 heavy (non-hydrogen) atoms. The highest BCUT2D eigenvalue weighted by atomic mass is 127. The van der Waals surface area contributed by atoms with Crippen molar-refractivity contribution in [3.05, 3.63) is 82.4 Å². The smallest absolute Gasteiger partial charge is 0.191 e. The van der Waals surface area contributed by atoms with Gasteiger partial charge in [-0.15, -0.1) is 34.2 Å². The van der Waals surface area contributed by atoms with Gasteiger partial charge in [-0.3, -0.25) is 0 Å². The summed E-state index contributed by atoms with van der Waals surface area (Å²) in [7, 11) is 1.96. The molecule has 0 unspecified atom stereocenters. The summed E-state index contributed by atoms with van der Waals surface area (Å²) in [5, 5.41) is 15.8. The Labute approximate surface area is 193 Å². The molecule has 0 aliphatic carbocycles. The monoisotopic (exact) mass is 524 g/mol. The highest BCUT2D eigenvalue weighted by Crippen LogP contribution is 2.09. The molecule has 6 nitrogen and oxygen atoms in total. The Morgan fingerprint density at radius 2 is 1.72 bits per heavy atom. The number of nitrogens with one attached hydrogen (secondary N) is 2. The van der Waals surface area contributed by atoms with E-state index in [0.29, 0.717) is 13.1 Å². The maximum atomic E-state index is 5.95. The van der Waals surface area contributed by atoms with E-state index in [9.17, 15) is 0 Å². The number of hydrogen-bond donors (Lipinski definition) is 2. The summed E-state index contributed by atoms with van der Waals surface area (Å²) in [5.74, 6) is 2.50. The Balaban J connectivity index is 0.00000300. The Kier molecular flexibility index (Phi) is 9.40. The molecule has 3 aromatic rings. The van der Waals surface area contributed by atoms with E-state index < -0.39 is 0 Å². The summed E-state index contributed by atoms with van der Waals surface area (Å²) in [6.07, 6.45) is 0.881. The van der Waals surface area contributed by atoms with Crippen molar-refractivity contribution in [1.29, 1.82) is 0 Å². The number of nitrogens with zero attached hydrogens (tertiary/aromatic N) is 4. The van der Waals surface area contributed by atoms with Crippen LogP contribution in [0.4, 0.5) is 0 Å². The third-order valence-electron chi connectivity index (χ3n) is 4.48. The van der Waals surface area contributed by atoms with Crippen LogP contribution in [0.25, 0.3) is 0 Å². The van der Waals surface area contributed by atoms with Crippen molar-refractivity contribution in [3.8, 4) is 0 Å². The largest absolute Gasteiger partial charge is 0.356 e. The van der Waals surface area contributed by atoms with Crippen molar-refractivity contribution in [2.45, 2.75) is 26.4 Å². The Bertz CT molecular complexity index is 909. The molecule has 2 N–H and O–H groups in total. The fourth-order valence-electron chi connectivity index (χ4n) is 2.67. The van der Waals surface area contributed by atoms with E-state index in [2.05, 4.69) is 33.0 Å². The van der Waals surface area contributed by atoms with Crippen LogP contribution in [0.5, 0.6) is 0 Å². The molecule has 0 saturated carbocycles. The zero-order valence-corrected chi connectivity index (χ0v) is 19.7. The lowest BCUT2D eigenvalue weighted by Crippen LogP contribution is -2.38. The van der Waals surface area contributed by atoms with Gasteiger partial charge in [0.2, 0.25) is 0 Å². The number of aliphatic imine (C=N–C) groups is 1. The van der Waals surface area contributed by atoms with Crippen LogP contribution in [-0.4, -0.2) is 27.3 Å². The molecule has 1 aromatic heterocycles. The maximum Gasteiger partial charge on any atom is 0.191 e. The SMILES string of the molecule is Cc1nnc(CNC(=NCc2ccccc2)NCCc2ccc(Cl)cc2)n1C.I. The summed E-state index contributed by atoms with van der Waals surface area (Å²) in [4.78, 5) is 4.71. The second-order valence-electron chi connectivity index (χ2n) is 6.53. The minimum atomic E-state index is 0. The number of guanidine groups is 1. The van der Waals surface area contributed by atoms with Gasteiger partial charge in [-0.25, -0.2) is 4.99 Å². The number of hydrogen-bond acceptors (Lipinski definition) is 3. The lowest BCUT2D eigenvalue weighted by atomic mass is 10.1. The second-order valence-corrected chi connectivity index (χ2v) is 6.97. The molecular weight excluding hydrogens is 499 g/mol. The number of rotatable bonds is 7. The van der Waals surface area contributed by atoms with E-state index in [1.54, 1.807) is 0 Å². The van der Waals surface area contributed by atoms with Crippen LogP contribution >= 0.6 is 35.6 Å². The van der Waals surface area contributed by atoms with Crippen molar-refractivity contribution in [1.82, 2.24) is 25.4 Å². The lowest BCUT2D eigenvalue weighted by Gasteiger charge is -2.13. The molecule has 2 aromatic carbocycles. The van der Waals surface area contributed by atoms with Crippen molar-refractivity contribution in [2.75, 3.05) is 6.54 Å². The third kappa shape index (κ3) is 7.32. The van der Waals surface area contributed by atoms with E-state index in [1.807, 2.05) is 61.0 Å². The van der Waals surface area contributed by atoms with Crippen LogP contribution in [-0.2, 0) is 26.6 Å². The summed E-state index contributed by atoms with van der Waals surface area (Å²) in [5.41, 5.74) is 2.39. The van der Waals surface area contributed by atoms with Gasteiger partial charge in [0.25, 0.3) is 0 Å². The van der Waals surface area contributed by atoms with Crippen LogP contribution in [0.15, 0.2) is 59.6 Å². The number of halogens is 2. The third-order valence-corrected chi connectivity index (χ3v) is 4.73. The van der Waals surface area contributed by atoms with Gasteiger partial charge in [0.1, 0.15) is 5.82 Å². The van der Waals surface area contributed by atoms with Crippen LogP contribution in [0.2, 0.25) is 5.02 Å². The molecule has 1 heterocycles. The van der Waals surface area contributed by atoms with Gasteiger partial charge in [0.15, 0.2) is 11.8 Å². The molecule has 154 valence electrons. The fourth-order valence-corrected chi connectivity index (χ4v) is 2.80. The quantitative estimate of drug-likeness (QED) is 0.280. The minimum absolute atomic E-state index is 0. The van der Waals surface area contributed by atoms with Crippen LogP contribution in [0.1, 0.15) is 22.8 Å². The molecule has 3 rings (SSSR count). The van der Waals surface area contributed by atoms with Gasteiger partial charge >= 0.3 is 0 Å². The molecule has 0 saturated heterocycles. The minimum Gasteiger partial charge on any atom is -0.356 e. The number of aromatic nitrogens is 3.